The van der Waals surface area contributed by atoms with E-state index in [1.54, 1.807) is 13.8 Å². The summed E-state index contributed by atoms with van der Waals surface area (Å²) >= 11 is 0. The second-order valence-corrected chi connectivity index (χ2v) is 19.8. The first-order valence-corrected chi connectivity index (χ1v) is 21.2. The Labute approximate surface area is 317 Å². The zero-order valence-electron chi connectivity index (χ0n) is 33.4. The molecule has 0 bridgehead atoms. The van der Waals surface area contributed by atoms with Crippen LogP contribution in [0.15, 0.2) is 4.99 Å². The number of aliphatic imine (C=N–C) groups is 1. The van der Waals surface area contributed by atoms with Crippen LogP contribution in [-0.4, -0.2) is 110 Å². The Morgan fingerprint density at radius 2 is 1.81 bits per heavy atom. The molecule has 6 aliphatic rings. The summed E-state index contributed by atoms with van der Waals surface area (Å²) in [5.74, 6) is -0.715. The molecule has 17 unspecified atom stereocenters. The average molecular weight is 748 g/mol. The van der Waals surface area contributed by atoms with Crippen molar-refractivity contribution in [2.45, 2.75) is 173 Å². The van der Waals surface area contributed by atoms with Crippen molar-refractivity contribution in [1.82, 2.24) is 5.32 Å². The largest absolute Gasteiger partial charge is 0.391 e. The van der Waals surface area contributed by atoms with Gasteiger partial charge in [-0.2, -0.15) is 0 Å². The molecule has 0 radical (unpaired) electrons. The van der Waals surface area contributed by atoms with Gasteiger partial charge in [0.15, 0.2) is 5.78 Å². The van der Waals surface area contributed by atoms with Crippen molar-refractivity contribution in [3.63, 3.8) is 0 Å². The number of fused-ring (bicyclic) bond motifs is 5. The smallest absolute Gasteiger partial charge is 0.180 e. The fourth-order valence-corrected chi connectivity index (χ4v) is 12.9. The van der Waals surface area contributed by atoms with Gasteiger partial charge < -0.3 is 46.4 Å². The predicted octanol–water partition coefficient (Wildman–Crippen LogP) is 3.34. The Morgan fingerprint density at radius 1 is 1.08 bits per heavy atom. The number of hydrogen-bond donors (Lipinski definition) is 8. The molecule has 2 saturated heterocycles. The molecule has 17 atom stereocenters. The molecule has 0 aromatic heterocycles. The molecule has 0 amide bonds. The van der Waals surface area contributed by atoms with Gasteiger partial charge in [0, 0.05) is 17.3 Å². The number of ether oxygens (including phenoxy) is 1. The van der Waals surface area contributed by atoms with Gasteiger partial charge in [0.05, 0.1) is 60.6 Å². The number of ketones is 1. The highest BCUT2D eigenvalue weighted by Crippen LogP contribution is 2.70. The van der Waals surface area contributed by atoms with Crippen molar-refractivity contribution in [1.29, 1.82) is 0 Å². The number of piperidine rings is 1. The second kappa shape index (κ2) is 15.7. The molecule has 0 spiro atoms. The summed E-state index contributed by atoms with van der Waals surface area (Å²) in [7, 11) is 0. The highest BCUT2D eigenvalue weighted by molar-refractivity contribution is 6.42. The van der Waals surface area contributed by atoms with Crippen LogP contribution in [0, 0.1) is 58.2 Å². The van der Waals surface area contributed by atoms with Gasteiger partial charge in [-0.25, -0.2) is 0 Å². The van der Waals surface area contributed by atoms with E-state index >= 15 is 0 Å². The number of carbonyl (C=O) groups is 1. The fourth-order valence-electron chi connectivity index (χ4n) is 12.9. The van der Waals surface area contributed by atoms with E-state index in [0.717, 1.165) is 45.1 Å². The average Bonchev–Trinajstić information content (AvgIpc) is 3.60. The third-order valence-corrected chi connectivity index (χ3v) is 16.1. The first kappa shape index (κ1) is 41.6. The third-order valence-electron chi connectivity index (χ3n) is 16.1. The molecule has 304 valence electrons. The van der Waals surface area contributed by atoms with Gasteiger partial charge in [0.25, 0.3) is 0 Å². The van der Waals surface area contributed by atoms with E-state index in [-0.39, 0.29) is 48.9 Å². The maximum Gasteiger partial charge on any atom is 0.180 e. The molecule has 11 nitrogen and oxygen atoms in total. The maximum absolute atomic E-state index is 14.9. The summed E-state index contributed by atoms with van der Waals surface area (Å²) in [5.41, 5.74) is 1.90. The van der Waals surface area contributed by atoms with Crippen molar-refractivity contribution in [2.75, 3.05) is 19.7 Å². The molecule has 2 heterocycles. The Bertz CT molecular complexity index is 1320. The van der Waals surface area contributed by atoms with Crippen molar-refractivity contribution >= 4 is 11.5 Å². The minimum absolute atomic E-state index is 0.0189. The van der Waals surface area contributed by atoms with Crippen molar-refractivity contribution in [3.8, 4) is 0 Å². The number of nitrogens with zero attached hydrogens (tertiary/aromatic N) is 1. The quantitative estimate of drug-likeness (QED) is 0.147. The van der Waals surface area contributed by atoms with Gasteiger partial charge in [0.1, 0.15) is 6.10 Å². The van der Waals surface area contributed by atoms with E-state index < -0.39 is 70.3 Å². The van der Waals surface area contributed by atoms with E-state index in [1.165, 1.54) is 0 Å². The molecular formula is C42H73N3O8. The molecule has 4 saturated carbocycles. The van der Waals surface area contributed by atoms with Crippen LogP contribution in [0.4, 0.5) is 0 Å². The first-order chi connectivity index (χ1) is 24.9. The summed E-state index contributed by atoms with van der Waals surface area (Å²) < 4.78 is 6.27. The molecular weight excluding hydrogens is 674 g/mol. The molecule has 53 heavy (non-hydrogen) atoms. The Kier molecular flexibility index (Phi) is 12.3. The van der Waals surface area contributed by atoms with E-state index in [9.17, 15) is 35.4 Å². The van der Waals surface area contributed by atoms with E-state index in [2.05, 4.69) is 26.1 Å². The highest BCUT2D eigenvalue weighted by Gasteiger charge is 2.74. The molecule has 2 aliphatic heterocycles. The van der Waals surface area contributed by atoms with Crippen molar-refractivity contribution in [3.05, 3.63) is 0 Å². The Morgan fingerprint density at radius 3 is 2.47 bits per heavy atom. The van der Waals surface area contributed by atoms with Crippen LogP contribution in [0.5, 0.6) is 0 Å². The molecule has 9 N–H and O–H groups in total. The lowest BCUT2D eigenvalue weighted by Gasteiger charge is -2.65. The number of nitrogens with one attached hydrogen (secondary N) is 1. The lowest BCUT2D eigenvalue weighted by molar-refractivity contribution is -0.224. The maximum atomic E-state index is 14.9. The predicted molar refractivity (Wildman–Crippen MR) is 204 cm³/mol. The van der Waals surface area contributed by atoms with Gasteiger partial charge in [-0.1, -0.05) is 40.5 Å². The van der Waals surface area contributed by atoms with Crippen LogP contribution in [0.2, 0.25) is 0 Å². The zero-order chi connectivity index (χ0) is 38.7. The number of aliphatic hydroxyl groups excluding tert-OH is 4. The summed E-state index contributed by atoms with van der Waals surface area (Å²) in [6.07, 6.45) is 4.58. The molecule has 4 aliphatic carbocycles. The zero-order valence-corrected chi connectivity index (χ0v) is 33.4. The fraction of sp³-hybridized carbons (Fsp3) is 0.952. The van der Waals surface area contributed by atoms with Crippen LogP contribution >= 0.6 is 0 Å². The standard InChI is InChI=1S/C42H73N3O8/c1-23(2)8-7-9-27-22-53-37(25(27)4)38(50)40(6,51)32-14-17-42(52)34-28(13-15-39(32,42)5)41(16-12-26-10-11-33(43)44-21-26)19-31(48)30(47)18-29(41)36(49)35(34)45-20-24(3)46/h23-34,37-38,44,46-48,50-52H,7-22,43H2,1-6H3. The second-order valence-electron chi connectivity index (χ2n) is 19.8. The number of hydrogen-bond acceptors (Lipinski definition) is 11. The number of aliphatic hydroxyl groups is 6. The molecule has 6 rings (SSSR count). The first-order valence-electron chi connectivity index (χ1n) is 21.2. The van der Waals surface area contributed by atoms with Gasteiger partial charge >= 0.3 is 0 Å². The number of rotatable bonds is 12. The van der Waals surface area contributed by atoms with Gasteiger partial charge in [-0.15, -0.1) is 0 Å². The monoisotopic (exact) mass is 748 g/mol. The Hall–Kier alpha value is -1.02. The number of Topliss-reactive ketones (excluding diaryl/α,β-unsaturated/α-hetero) is 1. The topological polar surface area (TPSA) is 198 Å². The molecule has 11 heteroatoms. The van der Waals surface area contributed by atoms with Gasteiger partial charge in [0.2, 0.25) is 0 Å². The van der Waals surface area contributed by atoms with Crippen molar-refractivity contribution < 1.29 is 40.2 Å². The summed E-state index contributed by atoms with van der Waals surface area (Å²) in [4.78, 5) is 19.7. The summed E-state index contributed by atoms with van der Waals surface area (Å²) in [6, 6.07) is 0. The highest BCUT2D eigenvalue weighted by atomic mass is 16.5. The Balaban J connectivity index is 1.33. The van der Waals surface area contributed by atoms with E-state index in [0.29, 0.717) is 56.5 Å². The minimum Gasteiger partial charge on any atom is -0.391 e. The van der Waals surface area contributed by atoms with Crippen molar-refractivity contribution in [2.24, 2.45) is 68.9 Å². The summed E-state index contributed by atoms with van der Waals surface area (Å²) in [6.45, 7) is 13.3. The van der Waals surface area contributed by atoms with Crippen LogP contribution in [0.25, 0.3) is 0 Å². The molecule has 6 fully saturated rings. The molecule has 0 aromatic rings. The van der Waals surface area contributed by atoms with Gasteiger partial charge in [-0.3, -0.25) is 9.79 Å². The van der Waals surface area contributed by atoms with E-state index in [1.807, 2.05) is 6.92 Å². The molecule has 0 aromatic carbocycles. The summed E-state index contributed by atoms with van der Waals surface area (Å²) in [5, 5.41) is 73.9. The minimum atomic E-state index is -1.58. The number of nitrogens with two attached hydrogens (primary N) is 1. The van der Waals surface area contributed by atoms with Gasteiger partial charge in [-0.05, 0) is 132 Å². The van der Waals surface area contributed by atoms with Crippen LogP contribution < -0.4 is 11.1 Å². The van der Waals surface area contributed by atoms with Crippen LogP contribution in [0.1, 0.15) is 125 Å². The van der Waals surface area contributed by atoms with E-state index in [4.69, 9.17) is 15.5 Å². The normalized spacial score (nSPS) is 47.5. The van der Waals surface area contributed by atoms with Crippen LogP contribution in [-0.2, 0) is 9.53 Å². The lowest BCUT2D eigenvalue weighted by Crippen LogP contribution is -2.70. The lowest BCUT2D eigenvalue weighted by atomic mass is 9.40. The van der Waals surface area contributed by atoms with Crippen LogP contribution in [0.3, 0.4) is 0 Å². The number of carbonyl (C=O) groups excluding carboxylic acids is 1. The third kappa shape index (κ3) is 7.35. The SMILES string of the molecule is CC(C)CCCC1COC(C(O)C(C)(O)C2CCC3(O)C4C(=NCC(C)O)C(=O)C5CC(O)C(O)CC5(CCC5CCC(N)NC5)C4CCC23C)C1C.